The average molecular weight is 305 g/mol. The molecule has 1 N–H and O–H groups in total. The minimum atomic E-state index is 0.136. The molecule has 0 radical (unpaired) electrons. The van der Waals surface area contributed by atoms with E-state index in [4.69, 9.17) is 4.98 Å². The molecular weight excluding hydrogens is 286 g/mol. The van der Waals surface area contributed by atoms with E-state index >= 15 is 0 Å². The summed E-state index contributed by atoms with van der Waals surface area (Å²) in [5, 5.41) is 3.05. The molecule has 4 nitrogen and oxygen atoms in total. The summed E-state index contributed by atoms with van der Waals surface area (Å²) in [6.45, 7) is 0. The highest BCUT2D eigenvalue weighted by molar-refractivity contribution is 5.77. The van der Waals surface area contributed by atoms with Crippen LogP contribution in [0, 0.1) is 0 Å². The van der Waals surface area contributed by atoms with Gasteiger partial charge in [0, 0.05) is 24.2 Å². The summed E-state index contributed by atoms with van der Waals surface area (Å²) < 4.78 is 2.09. The molecule has 0 spiro atoms. The predicted octanol–water partition coefficient (Wildman–Crippen LogP) is 3.21. The Balaban J connectivity index is 1.66. The van der Waals surface area contributed by atoms with Crippen LogP contribution in [0.5, 0.6) is 0 Å². The van der Waals surface area contributed by atoms with Gasteiger partial charge in [0.25, 0.3) is 0 Å². The van der Waals surface area contributed by atoms with E-state index in [2.05, 4.69) is 21.9 Å². The molecule has 0 atom stereocenters. The lowest BCUT2D eigenvalue weighted by molar-refractivity contribution is -0.121. The number of carbonyl (C=O) groups is 1. The molecule has 0 saturated heterocycles. The van der Waals surface area contributed by atoms with Crippen LogP contribution in [0.4, 0.5) is 0 Å². The van der Waals surface area contributed by atoms with Crippen LogP contribution < -0.4 is 5.32 Å². The van der Waals surface area contributed by atoms with E-state index < -0.39 is 0 Å². The van der Waals surface area contributed by atoms with Gasteiger partial charge < -0.3 is 9.72 Å². The van der Waals surface area contributed by atoms with Gasteiger partial charge in [-0.2, -0.15) is 0 Å². The SMILES string of the molecule is O=C(CCc1c(-c2ccccc2)nc2ccccn12)NC1CC1. The summed E-state index contributed by atoms with van der Waals surface area (Å²) in [7, 11) is 0. The predicted molar refractivity (Wildman–Crippen MR) is 90.1 cm³/mol. The van der Waals surface area contributed by atoms with Crippen molar-refractivity contribution < 1.29 is 4.79 Å². The van der Waals surface area contributed by atoms with Crippen molar-refractivity contribution in [3.63, 3.8) is 0 Å². The quantitative estimate of drug-likeness (QED) is 0.787. The van der Waals surface area contributed by atoms with Crippen LogP contribution in [-0.2, 0) is 11.2 Å². The first-order chi connectivity index (χ1) is 11.3. The average Bonchev–Trinajstić information content (AvgIpc) is 3.32. The summed E-state index contributed by atoms with van der Waals surface area (Å²) in [5.74, 6) is 0.136. The second-order valence-electron chi connectivity index (χ2n) is 6.04. The van der Waals surface area contributed by atoms with Gasteiger partial charge in [-0.15, -0.1) is 0 Å². The van der Waals surface area contributed by atoms with E-state index in [-0.39, 0.29) is 5.91 Å². The number of aryl methyl sites for hydroxylation is 1. The highest BCUT2D eigenvalue weighted by Crippen LogP contribution is 2.25. The summed E-state index contributed by atoms with van der Waals surface area (Å²) in [5.41, 5.74) is 4.08. The lowest BCUT2D eigenvalue weighted by atomic mass is 10.1. The largest absolute Gasteiger partial charge is 0.353 e. The van der Waals surface area contributed by atoms with E-state index in [1.54, 1.807) is 0 Å². The van der Waals surface area contributed by atoms with Crippen molar-refractivity contribution in [1.82, 2.24) is 14.7 Å². The van der Waals surface area contributed by atoms with Crippen molar-refractivity contribution in [2.45, 2.75) is 31.7 Å². The molecule has 23 heavy (non-hydrogen) atoms. The number of nitrogens with one attached hydrogen (secondary N) is 1. The standard InChI is InChI=1S/C19H19N3O/c23-18(20-15-9-10-15)12-11-16-19(14-6-2-1-3-7-14)21-17-8-4-5-13-22(16)17/h1-8,13,15H,9-12H2,(H,20,23). The first-order valence-corrected chi connectivity index (χ1v) is 8.12. The number of benzene rings is 1. The Bertz CT molecular complexity index is 834. The Morgan fingerprint density at radius 3 is 2.70 bits per heavy atom. The van der Waals surface area contributed by atoms with Crippen LogP contribution >= 0.6 is 0 Å². The van der Waals surface area contributed by atoms with E-state index in [0.717, 1.165) is 35.4 Å². The number of carbonyl (C=O) groups excluding carboxylic acids is 1. The molecule has 1 aromatic carbocycles. The van der Waals surface area contributed by atoms with Crippen molar-refractivity contribution in [2.24, 2.45) is 0 Å². The van der Waals surface area contributed by atoms with Crippen LogP contribution in [0.3, 0.4) is 0 Å². The van der Waals surface area contributed by atoms with Gasteiger partial charge in [-0.25, -0.2) is 4.98 Å². The molecule has 1 aliphatic rings. The number of aromatic nitrogens is 2. The van der Waals surface area contributed by atoms with Crippen molar-refractivity contribution in [3.05, 3.63) is 60.4 Å². The molecule has 0 bridgehead atoms. The fourth-order valence-corrected chi connectivity index (χ4v) is 2.87. The number of rotatable bonds is 5. The topological polar surface area (TPSA) is 46.4 Å². The second-order valence-corrected chi connectivity index (χ2v) is 6.04. The van der Waals surface area contributed by atoms with Gasteiger partial charge in [0.2, 0.25) is 5.91 Å². The summed E-state index contributed by atoms with van der Waals surface area (Å²) in [4.78, 5) is 16.8. The van der Waals surface area contributed by atoms with Crippen LogP contribution in [-0.4, -0.2) is 21.3 Å². The molecule has 0 aliphatic heterocycles. The first-order valence-electron chi connectivity index (χ1n) is 8.12. The molecule has 2 aromatic heterocycles. The van der Waals surface area contributed by atoms with Crippen LogP contribution in [0.1, 0.15) is 25.0 Å². The van der Waals surface area contributed by atoms with Gasteiger partial charge in [-0.1, -0.05) is 36.4 Å². The monoisotopic (exact) mass is 305 g/mol. The van der Waals surface area contributed by atoms with Gasteiger partial charge in [0.05, 0.1) is 11.4 Å². The lowest BCUT2D eigenvalue weighted by Gasteiger charge is -2.06. The fourth-order valence-electron chi connectivity index (χ4n) is 2.87. The van der Waals surface area contributed by atoms with Gasteiger partial charge >= 0.3 is 0 Å². The Morgan fingerprint density at radius 1 is 1.13 bits per heavy atom. The molecule has 1 saturated carbocycles. The van der Waals surface area contributed by atoms with Crippen molar-refractivity contribution in [2.75, 3.05) is 0 Å². The molecule has 3 aromatic rings. The Labute approximate surface area is 135 Å². The zero-order valence-corrected chi connectivity index (χ0v) is 12.9. The molecule has 2 heterocycles. The summed E-state index contributed by atoms with van der Waals surface area (Å²) >= 11 is 0. The zero-order valence-electron chi connectivity index (χ0n) is 12.9. The fraction of sp³-hybridized carbons (Fsp3) is 0.263. The van der Waals surface area contributed by atoms with E-state index in [0.29, 0.717) is 18.9 Å². The third-order valence-electron chi connectivity index (χ3n) is 4.21. The number of hydrogen-bond donors (Lipinski definition) is 1. The number of fused-ring (bicyclic) bond motifs is 1. The van der Waals surface area contributed by atoms with Crippen molar-refractivity contribution in [1.29, 1.82) is 0 Å². The van der Waals surface area contributed by atoms with Gasteiger partial charge in [-0.05, 0) is 31.4 Å². The summed E-state index contributed by atoms with van der Waals surface area (Å²) in [6, 6.07) is 16.6. The number of imidazole rings is 1. The molecule has 4 heteroatoms. The van der Waals surface area contributed by atoms with E-state index in [9.17, 15) is 4.79 Å². The number of pyridine rings is 1. The smallest absolute Gasteiger partial charge is 0.220 e. The highest BCUT2D eigenvalue weighted by atomic mass is 16.1. The maximum Gasteiger partial charge on any atom is 0.220 e. The Kier molecular flexibility index (Phi) is 3.58. The lowest BCUT2D eigenvalue weighted by Crippen LogP contribution is -2.25. The van der Waals surface area contributed by atoms with Crippen LogP contribution in [0.25, 0.3) is 16.9 Å². The third-order valence-corrected chi connectivity index (χ3v) is 4.21. The number of hydrogen-bond acceptors (Lipinski definition) is 2. The number of amides is 1. The minimum Gasteiger partial charge on any atom is -0.353 e. The maximum absolute atomic E-state index is 12.0. The Hall–Kier alpha value is -2.62. The minimum absolute atomic E-state index is 0.136. The van der Waals surface area contributed by atoms with Gasteiger partial charge in [0.1, 0.15) is 5.65 Å². The molecule has 116 valence electrons. The molecule has 4 rings (SSSR count). The van der Waals surface area contributed by atoms with Crippen LogP contribution in [0.15, 0.2) is 54.7 Å². The molecule has 0 unspecified atom stereocenters. The zero-order chi connectivity index (χ0) is 15.6. The normalized spacial score (nSPS) is 14.1. The summed E-state index contributed by atoms with van der Waals surface area (Å²) in [6.07, 6.45) is 5.45. The van der Waals surface area contributed by atoms with Crippen molar-refractivity contribution in [3.8, 4) is 11.3 Å². The van der Waals surface area contributed by atoms with Gasteiger partial charge in [-0.3, -0.25) is 4.79 Å². The van der Waals surface area contributed by atoms with Crippen molar-refractivity contribution >= 4 is 11.6 Å². The highest BCUT2D eigenvalue weighted by Gasteiger charge is 2.23. The maximum atomic E-state index is 12.0. The molecule has 1 amide bonds. The second kappa shape index (κ2) is 5.88. The number of nitrogens with zero attached hydrogens (tertiary/aromatic N) is 2. The molecule has 1 fully saturated rings. The third kappa shape index (κ3) is 2.97. The van der Waals surface area contributed by atoms with E-state index in [1.807, 2.05) is 42.6 Å². The first kappa shape index (κ1) is 14.0. The molecule has 1 aliphatic carbocycles. The van der Waals surface area contributed by atoms with Crippen LogP contribution in [0.2, 0.25) is 0 Å². The van der Waals surface area contributed by atoms with E-state index in [1.165, 1.54) is 0 Å². The Morgan fingerprint density at radius 2 is 1.91 bits per heavy atom. The van der Waals surface area contributed by atoms with Gasteiger partial charge in [0.15, 0.2) is 0 Å². The molecular formula is C19H19N3O.